The monoisotopic (exact) mass is 384 g/mol. The van der Waals surface area contributed by atoms with Crippen molar-refractivity contribution in [2.45, 2.75) is 25.6 Å². The number of nitrogens with zero attached hydrogens (tertiary/aromatic N) is 1. The molecule has 0 saturated heterocycles. The van der Waals surface area contributed by atoms with Gasteiger partial charge in [-0.2, -0.15) is 13.2 Å². The molecule has 2 rings (SSSR count). The molecule has 0 saturated carbocycles. The Morgan fingerprint density at radius 3 is 2.37 bits per heavy atom. The Bertz CT molecular complexity index is 837. The van der Waals surface area contributed by atoms with Gasteiger partial charge in [0, 0.05) is 11.8 Å². The summed E-state index contributed by atoms with van der Waals surface area (Å²) < 4.78 is 43.5. The van der Waals surface area contributed by atoms with Crippen LogP contribution in [0.25, 0.3) is 0 Å². The lowest BCUT2D eigenvalue weighted by atomic mass is 10.1. The maximum Gasteiger partial charge on any atom is 0.416 e. The van der Waals surface area contributed by atoms with Crippen molar-refractivity contribution >= 4 is 23.0 Å². The van der Waals surface area contributed by atoms with Crippen LogP contribution in [0.15, 0.2) is 42.5 Å². The number of nitrogens with one attached hydrogen (secondary N) is 1. The van der Waals surface area contributed by atoms with Crippen molar-refractivity contribution in [2.24, 2.45) is 0 Å². The van der Waals surface area contributed by atoms with Gasteiger partial charge < -0.3 is 15.2 Å². The second-order valence-corrected chi connectivity index (χ2v) is 5.49. The molecule has 2 aromatic carbocycles. The van der Waals surface area contributed by atoms with Crippen molar-refractivity contribution in [1.29, 1.82) is 0 Å². The fourth-order valence-electron chi connectivity index (χ4n) is 2.21. The van der Waals surface area contributed by atoms with E-state index in [9.17, 15) is 28.1 Å². The molecule has 1 unspecified atom stereocenters. The average Bonchev–Trinajstić information content (AvgIpc) is 2.60. The van der Waals surface area contributed by atoms with Gasteiger partial charge >= 0.3 is 12.1 Å². The first-order chi connectivity index (χ1) is 12.6. The molecule has 1 atom stereocenters. The van der Waals surface area contributed by atoms with Crippen molar-refractivity contribution in [2.75, 3.05) is 5.32 Å². The highest BCUT2D eigenvalue weighted by molar-refractivity contribution is 5.73. The molecule has 0 heterocycles. The SMILES string of the molecule is CCC(Oc1ccc(Nc2ccc(C(F)(F)F)cc2[N+](=O)[O-])cc1)C(=O)O. The lowest BCUT2D eigenvalue weighted by Gasteiger charge is -2.14. The number of aliphatic carboxylic acids is 1. The predicted molar refractivity (Wildman–Crippen MR) is 90.2 cm³/mol. The molecule has 0 aliphatic rings. The number of anilines is 2. The van der Waals surface area contributed by atoms with E-state index >= 15 is 0 Å². The molecule has 0 fully saturated rings. The van der Waals surface area contributed by atoms with Gasteiger partial charge in [0.2, 0.25) is 0 Å². The standard InChI is InChI=1S/C17H15F3N2O5/c1-2-15(16(23)24)27-12-6-4-11(5-7-12)21-13-8-3-10(17(18,19)20)9-14(13)22(25)26/h3-9,15,21H,2H2,1H3,(H,23,24). The van der Waals surface area contributed by atoms with Crippen LogP contribution in [0.1, 0.15) is 18.9 Å². The van der Waals surface area contributed by atoms with Gasteiger partial charge in [0.1, 0.15) is 11.4 Å². The molecule has 2 aromatic rings. The Hall–Kier alpha value is -3.30. The molecule has 144 valence electrons. The zero-order valence-corrected chi connectivity index (χ0v) is 14.0. The van der Waals surface area contributed by atoms with Crippen LogP contribution in [0, 0.1) is 10.1 Å². The molecule has 10 heteroatoms. The highest BCUT2D eigenvalue weighted by Crippen LogP contribution is 2.36. The van der Waals surface area contributed by atoms with E-state index in [1.54, 1.807) is 6.92 Å². The third kappa shape index (κ3) is 5.09. The first-order valence-electron chi connectivity index (χ1n) is 7.74. The third-order valence-corrected chi connectivity index (χ3v) is 3.58. The van der Waals surface area contributed by atoms with Crippen molar-refractivity contribution in [3.63, 3.8) is 0 Å². The Balaban J connectivity index is 2.22. The van der Waals surface area contributed by atoms with E-state index in [4.69, 9.17) is 9.84 Å². The number of carbonyl (C=O) groups is 1. The van der Waals surface area contributed by atoms with Gasteiger partial charge in [-0.05, 0) is 42.8 Å². The van der Waals surface area contributed by atoms with E-state index in [0.29, 0.717) is 11.8 Å². The topological polar surface area (TPSA) is 102 Å². The van der Waals surface area contributed by atoms with Crippen LogP contribution >= 0.6 is 0 Å². The highest BCUT2D eigenvalue weighted by Gasteiger charge is 2.33. The number of nitro groups is 1. The van der Waals surface area contributed by atoms with Crippen molar-refractivity contribution < 1.29 is 32.7 Å². The number of halogens is 3. The van der Waals surface area contributed by atoms with Gasteiger partial charge in [-0.1, -0.05) is 6.92 Å². The second-order valence-electron chi connectivity index (χ2n) is 5.49. The van der Waals surface area contributed by atoms with Crippen LogP contribution in [0.3, 0.4) is 0 Å². The maximum atomic E-state index is 12.7. The first-order valence-corrected chi connectivity index (χ1v) is 7.74. The number of carboxylic acids is 1. The summed E-state index contributed by atoms with van der Waals surface area (Å²) in [5.41, 5.74) is -1.60. The van der Waals surface area contributed by atoms with E-state index in [1.807, 2.05) is 0 Å². The Morgan fingerprint density at radius 1 is 1.26 bits per heavy atom. The van der Waals surface area contributed by atoms with Crippen LogP contribution in [-0.4, -0.2) is 22.1 Å². The quantitative estimate of drug-likeness (QED) is 0.534. The zero-order valence-electron chi connectivity index (χ0n) is 14.0. The summed E-state index contributed by atoms with van der Waals surface area (Å²) in [6.45, 7) is 1.65. The van der Waals surface area contributed by atoms with E-state index in [-0.39, 0.29) is 17.9 Å². The van der Waals surface area contributed by atoms with Crippen molar-refractivity contribution in [3.05, 3.63) is 58.1 Å². The number of hydrogen-bond acceptors (Lipinski definition) is 5. The van der Waals surface area contributed by atoms with Crippen LogP contribution < -0.4 is 10.1 Å². The molecule has 0 spiro atoms. The lowest BCUT2D eigenvalue weighted by Crippen LogP contribution is -2.25. The molecule has 0 aromatic heterocycles. The van der Waals surface area contributed by atoms with Crippen molar-refractivity contribution in [1.82, 2.24) is 0 Å². The van der Waals surface area contributed by atoms with Crippen LogP contribution in [0.2, 0.25) is 0 Å². The highest BCUT2D eigenvalue weighted by atomic mass is 19.4. The van der Waals surface area contributed by atoms with Gasteiger partial charge in [0.15, 0.2) is 6.10 Å². The van der Waals surface area contributed by atoms with Gasteiger partial charge in [-0.3, -0.25) is 10.1 Å². The molecule has 0 bridgehead atoms. The lowest BCUT2D eigenvalue weighted by molar-refractivity contribution is -0.384. The molecule has 7 nitrogen and oxygen atoms in total. The van der Waals surface area contributed by atoms with E-state index < -0.39 is 34.4 Å². The summed E-state index contributed by atoms with van der Waals surface area (Å²) in [5, 5.41) is 22.7. The number of rotatable bonds is 7. The van der Waals surface area contributed by atoms with Gasteiger partial charge in [0.25, 0.3) is 5.69 Å². The summed E-state index contributed by atoms with van der Waals surface area (Å²) in [6, 6.07) is 8.00. The number of hydrogen-bond donors (Lipinski definition) is 2. The summed E-state index contributed by atoms with van der Waals surface area (Å²) >= 11 is 0. The fourth-order valence-corrected chi connectivity index (χ4v) is 2.21. The molecule has 0 amide bonds. The fraction of sp³-hybridized carbons (Fsp3) is 0.235. The Labute approximate surface area is 151 Å². The van der Waals surface area contributed by atoms with Gasteiger partial charge in [-0.15, -0.1) is 0 Å². The second kappa shape index (κ2) is 7.94. The minimum atomic E-state index is -4.69. The predicted octanol–water partition coefficient (Wildman–Crippen LogP) is 4.60. The average molecular weight is 384 g/mol. The third-order valence-electron chi connectivity index (χ3n) is 3.58. The first kappa shape index (κ1) is 20.0. The maximum absolute atomic E-state index is 12.7. The van der Waals surface area contributed by atoms with E-state index in [2.05, 4.69) is 5.32 Å². The minimum absolute atomic E-state index is 0.112. The molecule has 0 aliphatic carbocycles. The van der Waals surface area contributed by atoms with Crippen LogP contribution in [-0.2, 0) is 11.0 Å². The van der Waals surface area contributed by atoms with E-state index in [0.717, 1.165) is 12.1 Å². The van der Waals surface area contributed by atoms with E-state index in [1.165, 1.54) is 24.3 Å². The van der Waals surface area contributed by atoms with Gasteiger partial charge in [-0.25, -0.2) is 4.79 Å². The minimum Gasteiger partial charge on any atom is -0.479 e. The largest absolute Gasteiger partial charge is 0.479 e. The Morgan fingerprint density at radius 2 is 1.89 bits per heavy atom. The molecule has 0 radical (unpaired) electrons. The number of ether oxygens (including phenoxy) is 1. The summed E-state index contributed by atoms with van der Waals surface area (Å²) in [6.07, 6.45) is -5.45. The number of benzene rings is 2. The van der Waals surface area contributed by atoms with Crippen molar-refractivity contribution in [3.8, 4) is 5.75 Å². The number of alkyl halides is 3. The Kier molecular flexibility index (Phi) is 5.88. The number of carboxylic acid groups (broad SMARTS) is 1. The molecule has 2 N–H and O–H groups in total. The zero-order chi connectivity index (χ0) is 20.2. The number of nitro benzene ring substituents is 1. The molecular formula is C17H15F3N2O5. The summed E-state index contributed by atoms with van der Waals surface area (Å²) in [4.78, 5) is 21.1. The summed E-state index contributed by atoms with van der Waals surface area (Å²) in [5.74, 6) is -0.836. The smallest absolute Gasteiger partial charge is 0.416 e. The van der Waals surface area contributed by atoms with Crippen LogP contribution in [0.5, 0.6) is 5.75 Å². The van der Waals surface area contributed by atoms with Gasteiger partial charge in [0.05, 0.1) is 10.5 Å². The van der Waals surface area contributed by atoms with Crippen LogP contribution in [0.4, 0.5) is 30.2 Å². The summed E-state index contributed by atoms with van der Waals surface area (Å²) in [7, 11) is 0. The molecular weight excluding hydrogens is 369 g/mol. The normalized spacial score (nSPS) is 12.3. The molecule has 27 heavy (non-hydrogen) atoms. The molecule has 0 aliphatic heterocycles.